The number of halogens is 1. The molecule has 0 aromatic carbocycles. The number of ether oxygens (including phenoxy) is 2. The van der Waals surface area contributed by atoms with Crippen LogP contribution in [0.2, 0.25) is 0 Å². The summed E-state index contributed by atoms with van der Waals surface area (Å²) in [6.07, 6.45) is 12.5. The highest BCUT2D eigenvalue weighted by molar-refractivity contribution is 9.11. The molecule has 0 spiro atoms. The Morgan fingerprint density at radius 3 is 2.61 bits per heavy atom. The van der Waals surface area contributed by atoms with Crippen molar-refractivity contribution >= 4 is 15.9 Å². The fourth-order valence-corrected chi connectivity index (χ4v) is 2.92. The molecule has 0 aromatic heterocycles. The zero-order valence-electron chi connectivity index (χ0n) is 11.8. The van der Waals surface area contributed by atoms with Crippen molar-refractivity contribution in [3.8, 4) is 0 Å². The Bertz CT molecular complexity index is 241. The lowest BCUT2D eigenvalue weighted by Gasteiger charge is -2.20. The van der Waals surface area contributed by atoms with Gasteiger partial charge in [0.05, 0.1) is 6.10 Å². The molecule has 0 fully saturated rings. The van der Waals surface area contributed by atoms with Gasteiger partial charge >= 0.3 is 0 Å². The summed E-state index contributed by atoms with van der Waals surface area (Å²) < 4.78 is 12.7. The molecule has 0 bridgehead atoms. The smallest absolute Gasteiger partial charge is 0.155 e. The minimum absolute atomic E-state index is 0.110. The molecule has 0 aliphatic heterocycles. The summed E-state index contributed by atoms with van der Waals surface area (Å²) in [7, 11) is 0. The standard InChI is InChI=1S/C15H27BrO2/c1-3-17-13(2)18-15-11-9-7-5-4-6-8-10-14(16)12-15/h12-13,15H,3-11H2,1-2H3/b14-12+. The van der Waals surface area contributed by atoms with Gasteiger partial charge in [-0.2, -0.15) is 0 Å². The van der Waals surface area contributed by atoms with Crippen molar-refractivity contribution < 1.29 is 9.47 Å². The van der Waals surface area contributed by atoms with Gasteiger partial charge in [0.1, 0.15) is 0 Å². The van der Waals surface area contributed by atoms with E-state index in [2.05, 4.69) is 22.0 Å². The van der Waals surface area contributed by atoms with Gasteiger partial charge in [-0.1, -0.05) is 48.0 Å². The number of allylic oxidation sites excluding steroid dienone is 1. The van der Waals surface area contributed by atoms with Crippen LogP contribution in [0.1, 0.15) is 65.2 Å². The van der Waals surface area contributed by atoms with E-state index in [1.165, 1.54) is 43.0 Å². The van der Waals surface area contributed by atoms with Crippen molar-refractivity contribution in [3.05, 3.63) is 10.6 Å². The molecule has 0 saturated heterocycles. The molecular weight excluding hydrogens is 292 g/mol. The molecule has 3 heteroatoms. The molecule has 0 N–H and O–H groups in total. The van der Waals surface area contributed by atoms with Crippen LogP contribution in [0.5, 0.6) is 0 Å². The Kier molecular flexibility index (Phi) is 8.99. The van der Waals surface area contributed by atoms with E-state index < -0.39 is 0 Å². The largest absolute Gasteiger partial charge is 0.353 e. The van der Waals surface area contributed by atoms with E-state index in [-0.39, 0.29) is 12.4 Å². The van der Waals surface area contributed by atoms with Crippen LogP contribution in [0.3, 0.4) is 0 Å². The zero-order chi connectivity index (χ0) is 13.2. The minimum atomic E-state index is -0.110. The Balaban J connectivity index is 2.49. The molecule has 2 nitrogen and oxygen atoms in total. The molecule has 0 heterocycles. The Labute approximate surface area is 120 Å². The van der Waals surface area contributed by atoms with Crippen LogP contribution >= 0.6 is 15.9 Å². The number of rotatable bonds is 4. The van der Waals surface area contributed by atoms with Crippen LogP contribution in [0.4, 0.5) is 0 Å². The normalized spacial score (nSPS) is 27.9. The van der Waals surface area contributed by atoms with Gasteiger partial charge in [0.2, 0.25) is 0 Å². The highest BCUT2D eigenvalue weighted by atomic mass is 79.9. The van der Waals surface area contributed by atoms with Gasteiger partial charge in [-0.05, 0) is 43.7 Å². The lowest BCUT2D eigenvalue weighted by atomic mass is 10.1. The lowest BCUT2D eigenvalue weighted by Crippen LogP contribution is -2.21. The van der Waals surface area contributed by atoms with Crippen molar-refractivity contribution in [1.82, 2.24) is 0 Å². The molecule has 0 saturated carbocycles. The SMILES string of the molecule is CCOC(C)OC1/C=C(/Br)CCCCCCCC1. The third-order valence-electron chi connectivity index (χ3n) is 3.29. The van der Waals surface area contributed by atoms with Gasteiger partial charge < -0.3 is 9.47 Å². The van der Waals surface area contributed by atoms with Crippen LogP contribution in [0.15, 0.2) is 10.6 Å². The number of hydrogen-bond acceptors (Lipinski definition) is 2. The van der Waals surface area contributed by atoms with Crippen LogP contribution < -0.4 is 0 Å². The van der Waals surface area contributed by atoms with Crippen molar-refractivity contribution in [1.29, 1.82) is 0 Å². The molecule has 2 unspecified atom stereocenters. The van der Waals surface area contributed by atoms with Crippen molar-refractivity contribution in [2.45, 2.75) is 77.6 Å². The van der Waals surface area contributed by atoms with Gasteiger partial charge in [0.15, 0.2) is 6.29 Å². The summed E-state index contributed by atoms with van der Waals surface area (Å²) in [5.41, 5.74) is 0. The highest BCUT2D eigenvalue weighted by Crippen LogP contribution is 2.22. The first-order valence-electron chi connectivity index (χ1n) is 7.35. The Morgan fingerprint density at radius 2 is 1.89 bits per heavy atom. The van der Waals surface area contributed by atoms with Gasteiger partial charge in [-0.3, -0.25) is 0 Å². The number of hydrogen-bond donors (Lipinski definition) is 0. The predicted octanol–water partition coefficient (Wildman–Crippen LogP) is 5.17. The van der Waals surface area contributed by atoms with Gasteiger partial charge in [-0.15, -0.1) is 0 Å². The van der Waals surface area contributed by atoms with E-state index >= 15 is 0 Å². The predicted molar refractivity (Wildman–Crippen MR) is 79.9 cm³/mol. The average molecular weight is 319 g/mol. The van der Waals surface area contributed by atoms with E-state index in [0.29, 0.717) is 6.61 Å². The summed E-state index contributed by atoms with van der Waals surface area (Å²) in [6, 6.07) is 0. The van der Waals surface area contributed by atoms with Gasteiger partial charge in [-0.25, -0.2) is 0 Å². The third-order valence-corrected chi connectivity index (χ3v) is 3.95. The first kappa shape index (κ1) is 16.2. The summed E-state index contributed by atoms with van der Waals surface area (Å²) in [6.45, 7) is 4.69. The van der Waals surface area contributed by atoms with Gasteiger partial charge in [0.25, 0.3) is 0 Å². The van der Waals surface area contributed by atoms with E-state index in [9.17, 15) is 0 Å². The van der Waals surface area contributed by atoms with Gasteiger partial charge in [0, 0.05) is 6.61 Å². The second-order valence-corrected chi connectivity index (χ2v) is 5.99. The molecule has 1 aliphatic carbocycles. The molecule has 2 atom stereocenters. The molecule has 1 aliphatic rings. The highest BCUT2D eigenvalue weighted by Gasteiger charge is 2.12. The molecule has 18 heavy (non-hydrogen) atoms. The quantitative estimate of drug-likeness (QED) is 0.666. The Hall–Kier alpha value is 0.140. The summed E-state index contributed by atoms with van der Waals surface area (Å²) in [4.78, 5) is 0. The monoisotopic (exact) mass is 318 g/mol. The maximum absolute atomic E-state index is 5.95. The second-order valence-electron chi connectivity index (χ2n) is 4.97. The topological polar surface area (TPSA) is 18.5 Å². The average Bonchev–Trinajstić information content (AvgIpc) is 2.35. The summed E-state index contributed by atoms with van der Waals surface area (Å²) in [5, 5.41) is 0. The Morgan fingerprint density at radius 1 is 1.22 bits per heavy atom. The van der Waals surface area contributed by atoms with E-state index in [1.54, 1.807) is 0 Å². The van der Waals surface area contributed by atoms with E-state index in [4.69, 9.17) is 9.47 Å². The van der Waals surface area contributed by atoms with Crippen LogP contribution in [0, 0.1) is 0 Å². The van der Waals surface area contributed by atoms with Crippen LogP contribution in [-0.4, -0.2) is 19.0 Å². The second kappa shape index (κ2) is 9.99. The fourth-order valence-electron chi connectivity index (χ4n) is 2.34. The molecular formula is C15H27BrO2. The van der Waals surface area contributed by atoms with Crippen molar-refractivity contribution in [3.63, 3.8) is 0 Å². The zero-order valence-corrected chi connectivity index (χ0v) is 13.4. The maximum Gasteiger partial charge on any atom is 0.155 e. The first-order chi connectivity index (χ1) is 8.72. The molecule has 1 rings (SSSR count). The molecule has 0 aromatic rings. The fraction of sp³-hybridized carbons (Fsp3) is 0.867. The van der Waals surface area contributed by atoms with Crippen LogP contribution in [-0.2, 0) is 9.47 Å². The first-order valence-corrected chi connectivity index (χ1v) is 8.15. The lowest BCUT2D eigenvalue weighted by molar-refractivity contribution is -0.147. The molecule has 0 radical (unpaired) electrons. The van der Waals surface area contributed by atoms with Crippen molar-refractivity contribution in [2.75, 3.05) is 6.61 Å². The summed E-state index contributed by atoms with van der Waals surface area (Å²) >= 11 is 3.67. The van der Waals surface area contributed by atoms with E-state index in [0.717, 1.165) is 12.8 Å². The molecule has 106 valence electrons. The maximum atomic E-state index is 5.95. The summed E-state index contributed by atoms with van der Waals surface area (Å²) in [5.74, 6) is 0. The van der Waals surface area contributed by atoms with Crippen LogP contribution in [0.25, 0.3) is 0 Å². The third kappa shape index (κ3) is 7.55. The molecule has 0 amide bonds. The van der Waals surface area contributed by atoms with E-state index in [1.807, 2.05) is 13.8 Å². The minimum Gasteiger partial charge on any atom is -0.353 e. The van der Waals surface area contributed by atoms with Crippen molar-refractivity contribution in [2.24, 2.45) is 0 Å².